The van der Waals surface area contributed by atoms with Crippen molar-refractivity contribution in [3.05, 3.63) is 42.2 Å². The molecule has 5 nitrogen and oxygen atoms in total. The summed E-state index contributed by atoms with van der Waals surface area (Å²) < 4.78 is 6.74. The van der Waals surface area contributed by atoms with Gasteiger partial charge in [0, 0.05) is 32.0 Å². The lowest BCUT2D eigenvalue weighted by Gasteiger charge is -2.17. The van der Waals surface area contributed by atoms with Crippen LogP contribution in [0, 0.1) is 0 Å². The molecule has 0 bridgehead atoms. The topological polar surface area (TPSA) is 47.4 Å². The minimum atomic E-state index is -0.101. The number of methoxy groups -OCH3 is 1. The molecule has 18 heavy (non-hydrogen) atoms. The zero-order chi connectivity index (χ0) is 13.1. The molecule has 0 N–H and O–H groups in total. The van der Waals surface area contributed by atoms with E-state index in [4.69, 9.17) is 4.74 Å². The van der Waals surface area contributed by atoms with Gasteiger partial charge in [0.05, 0.1) is 18.9 Å². The van der Waals surface area contributed by atoms with Gasteiger partial charge in [0.2, 0.25) is 0 Å². The summed E-state index contributed by atoms with van der Waals surface area (Å²) in [7, 11) is 5.11. The van der Waals surface area contributed by atoms with Gasteiger partial charge in [-0.1, -0.05) is 6.07 Å². The molecule has 0 aliphatic carbocycles. The Hall–Kier alpha value is -2.30. The molecule has 1 aromatic carbocycles. The Morgan fingerprint density at radius 1 is 1.44 bits per heavy atom. The molecule has 94 valence electrons. The molecule has 1 amide bonds. The van der Waals surface area contributed by atoms with Crippen LogP contribution < -0.4 is 9.64 Å². The van der Waals surface area contributed by atoms with Crippen LogP contribution in [0.4, 0.5) is 5.69 Å². The number of hydrogen-bond donors (Lipinski definition) is 0. The van der Waals surface area contributed by atoms with E-state index in [1.807, 2.05) is 24.3 Å². The molecule has 0 saturated carbocycles. The summed E-state index contributed by atoms with van der Waals surface area (Å²) in [5.74, 6) is 0.620. The van der Waals surface area contributed by atoms with Gasteiger partial charge in [-0.15, -0.1) is 0 Å². The number of benzene rings is 1. The van der Waals surface area contributed by atoms with Crippen molar-refractivity contribution in [3.63, 3.8) is 0 Å². The van der Waals surface area contributed by atoms with Gasteiger partial charge in [0.15, 0.2) is 0 Å². The standard InChI is InChI=1S/C13H15N3O2/c1-15-9-10(8-14-15)13(17)16(2)11-5-4-6-12(7-11)18-3/h4-9H,1-3H3. The summed E-state index contributed by atoms with van der Waals surface area (Å²) >= 11 is 0. The normalized spacial score (nSPS) is 10.2. The number of aryl methyl sites for hydroxylation is 1. The Kier molecular flexibility index (Phi) is 3.32. The Bertz CT molecular complexity index is 563. The fourth-order valence-corrected chi connectivity index (χ4v) is 1.66. The van der Waals surface area contributed by atoms with Crippen LogP contribution in [0.1, 0.15) is 10.4 Å². The van der Waals surface area contributed by atoms with Gasteiger partial charge < -0.3 is 9.64 Å². The first-order chi connectivity index (χ1) is 8.61. The fraction of sp³-hybridized carbons (Fsp3) is 0.231. The molecule has 0 aliphatic rings. The predicted octanol–water partition coefficient (Wildman–Crippen LogP) is 1.71. The number of nitrogens with zero attached hydrogens (tertiary/aromatic N) is 3. The maximum atomic E-state index is 12.2. The van der Waals surface area contributed by atoms with E-state index in [0.29, 0.717) is 5.56 Å². The lowest BCUT2D eigenvalue weighted by Crippen LogP contribution is -2.25. The summed E-state index contributed by atoms with van der Waals surface area (Å²) in [5.41, 5.74) is 1.34. The van der Waals surface area contributed by atoms with Crippen LogP contribution in [-0.4, -0.2) is 29.8 Å². The quantitative estimate of drug-likeness (QED) is 0.827. The highest BCUT2D eigenvalue weighted by molar-refractivity contribution is 6.05. The van der Waals surface area contributed by atoms with Crippen molar-refractivity contribution in [2.24, 2.45) is 7.05 Å². The van der Waals surface area contributed by atoms with E-state index >= 15 is 0 Å². The van der Waals surface area contributed by atoms with Crippen LogP contribution in [0.5, 0.6) is 5.75 Å². The number of rotatable bonds is 3. The van der Waals surface area contributed by atoms with Crippen molar-refractivity contribution in [3.8, 4) is 5.75 Å². The number of anilines is 1. The van der Waals surface area contributed by atoms with Crippen LogP contribution in [0.15, 0.2) is 36.7 Å². The van der Waals surface area contributed by atoms with Crippen molar-refractivity contribution in [1.82, 2.24) is 9.78 Å². The summed E-state index contributed by atoms with van der Waals surface area (Å²) in [5, 5.41) is 3.99. The first-order valence-corrected chi connectivity index (χ1v) is 5.52. The van der Waals surface area contributed by atoms with Crippen LogP contribution in [-0.2, 0) is 7.05 Å². The minimum absolute atomic E-state index is 0.101. The maximum absolute atomic E-state index is 12.2. The van der Waals surface area contributed by atoms with E-state index in [-0.39, 0.29) is 5.91 Å². The number of amides is 1. The summed E-state index contributed by atoms with van der Waals surface area (Å²) in [6, 6.07) is 7.36. The number of aromatic nitrogens is 2. The van der Waals surface area contributed by atoms with E-state index < -0.39 is 0 Å². The summed E-state index contributed by atoms with van der Waals surface area (Å²) in [6.45, 7) is 0. The fourth-order valence-electron chi connectivity index (χ4n) is 1.66. The van der Waals surface area contributed by atoms with Crippen molar-refractivity contribution in [2.75, 3.05) is 19.1 Å². The van der Waals surface area contributed by atoms with E-state index in [9.17, 15) is 4.79 Å². The molecule has 2 rings (SSSR count). The van der Waals surface area contributed by atoms with Crippen molar-refractivity contribution in [2.45, 2.75) is 0 Å². The second-order valence-corrected chi connectivity index (χ2v) is 3.97. The molecule has 5 heteroatoms. The average Bonchev–Trinajstić information content (AvgIpc) is 2.83. The molecular weight excluding hydrogens is 230 g/mol. The van der Waals surface area contributed by atoms with E-state index in [2.05, 4.69) is 5.10 Å². The van der Waals surface area contributed by atoms with Crippen LogP contribution in [0.3, 0.4) is 0 Å². The average molecular weight is 245 g/mol. The molecular formula is C13H15N3O2. The van der Waals surface area contributed by atoms with Gasteiger partial charge in [-0.3, -0.25) is 9.48 Å². The molecule has 1 aromatic heterocycles. The molecule has 1 heterocycles. The largest absolute Gasteiger partial charge is 0.497 e. The van der Waals surface area contributed by atoms with E-state index in [0.717, 1.165) is 11.4 Å². The first kappa shape index (κ1) is 12.2. The number of hydrogen-bond acceptors (Lipinski definition) is 3. The number of ether oxygens (including phenoxy) is 1. The highest BCUT2D eigenvalue weighted by Crippen LogP contribution is 2.21. The molecule has 0 saturated heterocycles. The Morgan fingerprint density at radius 3 is 2.83 bits per heavy atom. The van der Waals surface area contributed by atoms with E-state index in [1.165, 1.54) is 0 Å². The molecule has 0 radical (unpaired) electrons. The SMILES string of the molecule is COc1cccc(N(C)C(=O)c2cnn(C)c2)c1. The third kappa shape index (κ3) is 2.34. The maximum Gasteiger partial charge on any atom is 0.261 e. The summed E-state index contributed by atoms with van der Waals surface area (Å²) in [4.78, 5) is 13.8. The second kappa shape index (κ2) is 4.91. The van der Waals surface area contributed by atoms with Gasteiger partial charge in [0.1, 0.15) is 5.75 Å². The second-order valence-electron chi connectivity index (χ2n) is 3.97. The van der Waals surface area contributed by atoms with Crippen LogP contribution in [0.2, 0.25) is 0 Å². The Labute approximate surface area is 106 Å². The van der Waals surface area contributed by atoms with Crippen molar-refractivity contribution in [1.29, 1.82) is 0 Å². The van der Waals surface area contributed by atoms with Crippen LogP contribution >= 0.6 is 0 Å². The lowest BCUT2D eigenvalue weighted by molar-refractivity contribution is 0.0993. The molecule has 0 aliphatic heterocycles. The number of carbonyl (C=O) groups is 1. The highest BCUT2D eigenvalue weighted by atomic mass is 16.5. The van der Waals surface area contributed by atoms with Crippen molar-refractivity contribution < 1.29 is 9.53 Å². The Balaban J connectivity index is 2.25. The minimum Gasteiger partial charge on any atom is -0.497 e. The zero-order valence-electron chi connectivity index (χ0n) is 10.6. The monoisotopic (exact) mass is 245 g/mol. The zero-order valence-corrected chi connectivity index (χ0v) is 10.6. The van der Waals surface area contributed by atoms with Gasteiger partial charge in [-0.05, 0) is 12.1 Å². The third-order valence-electron chi connectivity index (χ3n) is 2.70. The van der Waals surface area contributed by atoms with Crippen molar-refractivity contribution >= 4 is 11.6 Å². The molecule has 0 atom stereocenters. The highest BCUT2D eigenvalue weighted by Gasteiger charge is 2.15. The van der Waals surface area contributed by atoms with Gasteiger partial charge >= 0.3 is 0 Å². The molecule has 0 unspecified atom stereocenters. The van der Waals surface area contributed by atoms with Gasteiger partial charge in [-0.2, -0.15) is 5.10 Å². The molecule has 0 spiro atoms. The molecule has 0 fully saturated rings. The summed E-state index contributed by atoms with van der Waals surface area (Å²) in [6.07, 6.45) is 3.25. The van der Waals surface area contributed by atoms with Gasteiger partial charge in [0.25, 0.3) is 5.91 Å². The third-order valence-corrected chi connectivity index (χ3v) is 2.70. The lowest BCUT2D eigenvalue weighted by atomic mass is 10.2. The Morgan fingerprint density at radius 2 is 2.22 bits per heavy atom. The van der Waals surface area contributed by atoms with E-state index in [1.54, 1.807) is 43.2 Å². The van der Waals surface area contributed by atoms with Crippen LogP contribution in [0.25, 0.3) is 0 Å². The first-order valence-electron chi connectivity index (χ1n) is 5.52. The molecule has 2 aromatic rings. The van der Waals surface area contributed by atoms with Gasteiger partial charge in [-0.25, -0.2) is 0 Å². The number of carbonyl (C=O) groups excluding carboxylic acids is 1. The predicted molar refractivity (Wildman–Crippen MR) is 68.9 cm³/mol. The smallest absolute Gasteiger partial charge is 0.261 e.